The van der Waals surface area contributed by atoms with Crippen LogP contribution in [-0.4, -0.2) is 43.8 Å². The quantitative estimate of drug-likeness (QED) is 0.379. The van der Waals surface area contributed by atoms with Crippen LogP contribution in [0.15, 0.2) is 77.4 Å². The van der Waals surface area contributed by atoms with Crippen LogP contribution >= 0.6 is 0 Å². The first-order chi connectivity index (χ1) is 15.1. The van der Waals surface area contributed by atoms with Gasteiger partial charge in [-0.25, -0.2) is 14.8 Å². The average molecular weight is 422 g/mol. The van der Waals surface area contributed by atoms with E-state index in [0.717, 1.165) is 0 Å². The normalized spacial score (nSPS) is 15.1. The SMILES string of the molecule is COCCCNC(=O)C(/C=C1\C(=O)ONN1c1ccccc1)=NC(=O)c1ccccc1. The number of nitrogens with zero attached hydrogens (tertiary/aromatic N) is 2. The fourth-order valence-corrected chi connectivity index (χ4v) is 2.71. The van der Waals surface area contributed by atoms with Crippen molar-refractivity contribution in [3.8, 4) is 0 Å². The number of carbonyl (C=O) groups excluding carboxylic acids is 3. The predicted octanol–water partition coefficient (Wildman–Crippen LogP) is 1.79. The molecule has 9 heteroatoms. The van der Waals surface area contributed by atoms with E-state index in [9.17, 15) is 14.4 Å². The van der Waals surface area contributed by atoms with Crippen molar-refractivity contribution < 1.29 is 24.0 Å². The first kappa shape index (κ1) is 21.9. The predicted molar refractivity (Wildman–Crippen MR) is 114 cm³/mol. The Labute approximate surface area is 179 Å². The largest absolute Gasteiger partial charge is 0.385 e. The Bertz CT molecular complexity index is 989. The van der Waals surface area contributed by atoms with Gasteiger partial charge in [0.2, 0.25) is 0 Å². The molecule has 31 heavy (non-hydrogen) atoms. The van der Waals surface area contributed by atoms with E-state index in [0.29, 0.717) is 30.8 Å². The van der Waals surface area contributed by atoms with Crippen LogP contribution in [-0.2, 0) is 19.2 Å². The zero-order chi connectivity index (χ0) is 22.1. The zero-order valence-electron chi connectivity index (χ0n) is 16.9. The van der Waals surface area contributed by atoms with Gasteiger partial charge in [-0.3, -0.25) is 9.59 Å². The molecule has 9 nitrogen and oxygen atoms in total. The molecule has 3 rings (SSSR count). The van der Waals surface area contributed by atoms with Crippen molar-refractivity contribution >= 4 is 29.2 Å². The Balaban J connectivity index is 1.92. The van der Waals surface area contributed by atoms with Crippen LogP contribution in [0, 0.1) is 0 Å². The second-order valence-corrected chi connectivity index (χ2v) is 6.45. The van der Waals surface area contributed by atoms with Gasteiger partial charge < -0.3 is 14.9 Å². The Morgan fingerprint density at radius 2 is 1.81 bits per heavy atom. The lowest BCUT2D eigenvalue weighted by atomic mass is 10.2. The number of carbonyl (C=O) groups is 3. The summed E-state index contributed by atoms with van der Waals surface area (Å²) < 4.78 is 4.97. The summed E-state index contributed by atoms with van der Waals surface area (Å²) in [6.45, 7) is 0.786. The fourth-order valence-electron chi connectivity index (χ4n) is 2.71. The molecule has 1 aliphatic heterocycles. The molecule has 2 aromatic rings. The van der Waals surface area contributed by atoms with Gasteiger partial charge in [-0.1, -0.05) is 42.0 Å². The summed E-state index contributed by atoms with van der Waals surface area (Å²) in [5, 5.41) is 4.04. The number of nitrogens with one attached hydrogen (secondary N) is 2. The molecule has 1 heterocycles. The molecule has 0 spiro atoms. The summed E-state index contributed by atoms with van der Waals surface area (Å²) in [6, 6.07) is 17.2. The van der Waals surface area contributed by atoms with E-state index in [-0.39, 0.29) is 11.4 Å². The highest BCUT2D eigenvalue weighted by molar-refractivity contribution is 6.45. The van der Waals surface area contributed by atoms with Gasteiger partial charge >= 0.3 is 5.97 Å². The number of amides is 2. The summed E-state index contributed by atoms with van der Waals surface area (Å²) in [7, 11) is 1.56. The molecule has 160 valence electrons. The average Bonchev–Trinajstić information content (AvgIpc) is 3.17. The lowest BCUT2D eigenvalue weighted by Gasteiger charge is -2.15. The van der Waals surface area contributed by atoms with Gasteiger partial charge in [0.05, 0.1) is 5.69 Å². The number of anilines is 1. The molecular weight excluding hydrogens is 400 g/mol. The molecule has 0 atom stereocenters. The molecule has 2 amide bonds. The number of hydrogen-bond donors (Lipinski definition) is 2. The molecule has 0 saturated carbocycles. The van der Waals surface area contributed by atoms with E-state index in [4.69, 9.17) is 9.57 Å². The Morgan fingerprint density at radius 1 is 1.13 bits per heavy atom. The van der Waals surface area contributed by atoms with E-state index in [1.807, 2.05) is 6.07 Å². The maximum atomic E-state index is 12.7. The summed E-state index contributed by atoms with van der Waals surface area (Å²) in [4.78, 5) is 46.5. The summed E-state index contributed by atoms with van der Waals surface area (Å²) in [6.07, 6.45) is 1.81. The third kappa shape index (κ3) is 5.84. The molecule has 0 aromatic heterocycles. The van der Waals surface area contributed by atoms with Crippen LogP contribution in [0.3, 0.4) is 0 Å². The van der Waals surface area contributed by atoms with Gasteiger partial charge in [-0.2, -0.15) is 0 Å². The highest BCUT2D eigenvalue weighted by Crippen LogP contribution is 2.21. The molecule has 2 N–H and O–H groups in total. The highest BCUT2D eigenvalue weighted by atomic mass is 16.7. The van der Waals surface area contributed by atoms with Crippen molar-refractivity contribution in [2.45, 2.75) is 6.42 Å². The number of methoxy groups -OCH3 is 1. The van der Waals surface area contributed by atoms with Crippen molar-refractivity contribution in [3.63, 3.8) is 0 Å². The molecular formula is C22H22N4O5. The Morgan fingerprint density at radius 3 is 2.48 bits per heavy atom. The molecule has 0 radical (unpaired) electrons. The van der Waals surface area contributed by atoms with Crippen LogP contribution in [0.25, 0.3) is 0 Å². The number of hydrogen-bond acceptors (Lipinski definition) is 7. The van der Waals surface area contributed by atoms with Gasteiger partial charge in [-0.05, 0) is 30.7 Å². The third-order valence-corrected chi connectivity index (χ3v) is 4.25. The lowest BCUT2D eigenvalue weighted by Crippen LogP contribution is -2.34. The maximum absolute atomic E-state index is 12.7. The standard InChI is InChI=1S/C22H22N4O5/c1-30-14-8-13-23-21(28)18(24-20(27)16-9-4-2-5-10-16)15-19-22(29)31-25-26(19)17-11-6-3-7-12-17/h2-7,9-12,15,25H,8,13-14H2,1H3,(H,23,28)/b19-15+,24-18?. The monoisotopic (exact) mass is 422 g/mol. The van der Waals surface area contributed by atoms with Crippen LogP contribution in [0.4, 0.5) is 5.69 Å². The minimum atomic E-state index is -0.712. The molecule has 0 aliphatic carbocycles. The van der Waals surface area contributed by atoms with E-state index < -0.39 is 17.8 Å². The first-order valence-corrected chi connectivity index (χ1v) is 9.59. The van der Waals surface area contributed by atoms with E-state index >= 15 is 0 Å². The van der Waals surface area contributed by atoms with Crippen molar-refractivity contribution in [2.75, 3.05) is 25.3 Å². The highest BCUT2D eigenvalue weighted by Gasteiger charge is 2.30. The Hall–Kier alpha value is -3.82. The van der Waals surface area contributed by atoms with Crippen LogP contribution < -0.4 is 15.9 Å². The van der Waals surface area contributed by atoms with Gasteiger partial charge in [0.25, 0.3) is 11.8 Å². The maximum Gasteiger partial charge on any atom is 0.376 e. The smallest absolute Gasteiger partial charge is 0.376 e. The first-order valence-electron chi connectivity index (χ1n) is 9.59. The van der Waals surface area contributed by atoms with Crippen LogP contribution in [0.2, 0.25) is 0 Å². The van der Waals surface area contributed by atoms with Crippen molar-refractivity contribution in [2.24, 2.45) is 4.99 Å². The number of rotatable bonds is 8. The molecule has 1 saturated heterocycles. The van der Waals surface area contributed by atoms with Gasteiger partial charge in [-0.15, -0.1) is 0 Å². The van der Waals surface area contributed by atoms with Crippen molar-refractivity contribution in [3.05, 3.63) is 78.0 Å². The number of para-hydroxylation sites is 1. The summed E-state index contributed by atoms with van der Waals surface area (Å²) in [5.41, 5.74) is 3.20. The zero-order valence-corrected chi connectivity index (χ0v) is 16.9. The number of hydrazine groups is 1. The molecule has 2 aromatic carbocycles. The minimum Gasteiger partial charge on any atom is -0.385 e. The van der Waals surface area contributed by atoms with E-state index in [1.54, 1.807) is 61.7 Å². The van der Waals surface area contributed by atoms with Gasteiger partial charge in [0.15, 0.2) is 5.70 Å². The van der Waals surface area contributed by atoms with E-state index in [2.05, 4.69) is 15.9 Å². The van der Waals surface area contributed by atoms with Gasteiger partial charge in [0.1, 0.15) is 5.71 Å². The molecule has 1 fully saturated rings. The molecule has 0 unspecified atom stereocenters. The van der Waals surface area contributed by atoms with Crippen LogP contribution in [0.5, 0.6) is 0 Å². The second kappa shape index (κ2) is 10.8. The third-order valence-electron chi connectivity index (χ3n) is 4.25. The van der Waals surface area contributed by atoms with Crippen LogP contribution in [0.1, 0.15) is 16.8 Å². The number of benzene rings is 2. The van der Waals surface area contributed by atoms with E-state index in [1.165, 1.54) is 11.1 Å². The number of aliphatic imine (C=N–C) groups is 1. The summed E-state index contributed by atoms with van der Waals surface area (Å²) in [5.74, 6) is -1.92. The minimum absolute atomic E-state index is 0.0119. The second-order valence-electron chi connectivity index (χ2n) is 6.45. The Kier molecular flexibility index (Phi) is 7.63. The lowest BCUT2D eigenvalue weighted by molar-refractivity contribution is -0.140. The van der Waals surface area contributed by atoms with Gasteiger partial charge in [0, 0.05) is 31.9 Å². The topological polar surface area (TPSA) is 109 Å². The fraction of sp³-hybridized carbons (Fsp3) is 0.182. The molecule has 1 aliphatic rings. The van der Waals surface area contributed by atoms with Crippen molar-refractivity contribution in [1.82, 2.24) is 10.9 Å². The molecule has 0 bridgehead atoms. The van der Waals surface area contributed by atoms with Crippen molar-refractivity contribution in [1.29, 1.82) is 0 Å². The number of ether oxygens (including phenoxy) is 1. The summed E-state index contributed by atoms with van der Waals surface area (Å²) >= 11 is 0.